The van der Waals surface area contributed by atoms with Gasteiger partial charge >= 0.3 is 0 Å². The Morgan fingerprint density at radius 1 is 1.32 bits per heavy atom. The molecule has 0 fully saturated rings. The number of hydrogen-bond acceptors (Lipinski definition) is 3. The van der Waals surface area contributed by atoms with Gasteiger partial charge in [-0.05, 0) is 52.2 Å². The Morgan fingerprint density at radius 2 is 2.00 bits per heavy atom. The van der Waals surface area contributed by atoms with Crippen LogP contribution in [0.1, 0.15) is 23.7 Å². The molecule has 4 nitrogen and oxygen atoms in total. The van der Waals surface area contributed by atoms with E-state index in [0.717, 1.165) is 13.0 Å². The third-order valence-corrected chi connectivity index (χ3v) is 2.93. The normalized spacial score (nSPS) is 10.8. The van der Waals surface area contributed by atoms with Gasteiger partial charge in [0.05, 0.1) is 5.56 Å². The minimum atomic E-state index is -0.559. The van der Waals surface area contributed by atoms with Gasteiger partial charge in [-0.25, -0.2) is 4.39 Å². The Labute approximate surface area is 114 Å². The van der Waals surface area contributed by atoms with Gasteiger partial charge in [0.15, 0.2) is 0 Å². The fourth-order valence-corrected chi connectivity index (χ4v) is 1.86. The molecule has 0 radical (unpaired) electrons. The van der Waals surface area contributed by atoms with Crippen LogP contribution in [0.5, 0.6) is 0 Å². The second-order valence-corrected chi connectivity index (χ2v) is 4.78. The molecule has 0 aliphatic heterocycles. The highest BCUT2D eigenvalue weighted by molar-refractivity contribution is 5.94. The Hall–Kier alpha value is -1.62. The minimum absolute atomic E-state index is 0.0842. The largest absolute Gasteiger partial charge is 0.399 e. The predicted octanol–water partition coefficient (Wildman–Crippen LogP) is 1.82. The smallest absolute Gasteiger partial charge is 0.256 e. The zero-order valence-electron chi connectivity index (χ0n) is 11.8. The molecule has 1 aromatic rings. The summed E-state index contributed by atoms with van der Waals surface area (Å²) < 4.78 is 13.7. The molecule has 0 aliphatic rings. The summed E-state index contributed by atoms with van der Waals surface area (Å²) in [5, 5.41) is 0. The lowest BCUT2D eigenvalue weighted by Gasteiger charge is -2.22. The van der Waals surface area contributed by atoms with E-state index in [9.17, 15) is 9.18 Å². The van der Waals surface area contributed by atoms with E-state index >= 15 is 0 Å². The van der Waals surface area contributed by atoms with Crippen molar-refractivity contribution >= 4 is 11.6 Å². The molecule has 0 saturated heterocycles. The fraction of sp³-hybridized carbons (Fsp3) is 0.500. The van der Waals surface area contributed by atoms with E-state index in [4.69, 9.17) is 5.73 Å². The molecule has 0 aromatic heterocycles. The highest BCUT2D eigenvalue weighted by Crippen LogP contribution is 2.14. The third-order valence-electron chi connectivity index (χ3n) is 2.93. The van der Waals surface area contributed by atoms with Gasteiger partial charge < -0.3 is 15.5 Å². The number of halogens is 1. The topological polar surface area (TPSA) is 49.6 Å². The van der Waals surface area contributed by atoms with Gasteiger partial charge in [-0.2, -0.15) is 0 Å². The SMILES string of the molecule is CCN(CCCN(C)C)C(=O)c1ccc(N)cc1F. The van der Waals surface area contributed by atoms with Crippen LogP contribution in [-0.2, 0) is 0 Å². The molecule has 0 heterocycles. The van der Waals surface area contributed by atoms with Crippen LogP contribution < -0.4 is 5.73 Å². The van der Waals surface area contributed by atoms with Crippen molar-refractivity contribution in [2.75, 3.05) is 39.5 Å². The van der Waals surface area contributed by atoms with Crippen molar-refractivity contribution in [3.05, 3.63) is 29.6 Å². The Kier molecular flexibility index (Phi) is 5.76. The maximum absolute atomic E-state index is 13.7. The molecule has 0 saturated carbocycles. The number of rotatable bonds is 6. The van der Waals surface area contributed by atoms with Crippen molar-refractivity contribution in [1.82, 2.24) is 9.80 Å². The van der Waals surface area contributed by atoms with E-state index in [1.54, 1.807) is 11.0 Å². The molecule has 5 heteroatoms. The van der Waals surface area contributed by atoms with Crippen molar-refractivity contribution in [2.45, 2.75) is 13.3 Å². The number of nitrogens with zero attached hydrogens (tertiary/aromatic N) is 2. The van der Waals surface area contributed by atoms with E-state index in [2.05, 4.69) is 4.90 Å². The molecule has 2 N–H and O–H groups in total. The Bertz CT molecular complexity index is 435. The van der Waals surface area contributed by atoms with Gasteiger partial charge in [-0.15, -0.1) is 0 Å². The summed E-state index contributed by atoms with van der Waals surface area (Å²) >= 11 is 0. The van der Waals surface area contributed by atoms with E-state index in [1.165, 1.54) is 12.1 Å². The van der Waals surface area contributed by atoms with Crippen LogP contribution in [0, 0.1) is 5.82 Å². The summed E-state index contributed by atoms with van der Waals surface area (Å²) in [6, 6.07) is 4.17. The molecule has 0 spiro atoms. The molecular formula is C14H22FN3O. The highest BCUT2D eigenvalue weighted by atomic mass is 19.1. The van der Waals surface area contributed by atoms with Gasteiger partial charge in [0, 0.05) is 18.8 Å². The second kappa shape index (κ2) is 7.09. The lowest BCUT2D eigenvalue weighted by Crippen LogP contribution is -2.33. The van der Waals surface area contributed by atoms with E-state index in [1.807, 2.05) is 21.0 Å². The van der Waals surface area contributed by atoms with Crippen molar-refractivity contribution < 1.29 is 9.18 Å². The summed E-state index contributed by atoms with van der Waals surface area (Å²) in [7, 11) is 3.97. The monoisotopic (exact) mass is 267 g/mol. The number of nitrogen functional groups attached to an aromatic ring is 1. The Balaban J connectivity index is 2.72. The number of carbonyl (C=O) groups is 1. The zero-order chi connectivity index (χ0) is 14.4. The molecule has 1 rings (SSSR count). The quantitative estimate of drug-likeness (QED) is 0.800. The van der Waals surface area contributed by atoms with Crippen molar-refractivity contribution in [2.24, 2.45) is 0 Å². The number of hydrogen-bond donors (Lipinski definition) is 1. The predicted molar refractivity (Wildman–Crippen MR) is 75.6 cm³/mol. The number of amides is 1. The van der Waals surface area contributed by atoms with Crippen molar-refractivity contribution in [1.29, 1.82) is 0 Å². The standard InChI is InChI=1S/C14H22FN3O/c1-4-18(9-5-8-17(2)3)14(19)12-7-6-11(16)10-13(12)15/h6-7,10H,4-5,8-9,16H2,1-3H3. The van der Waals surface area contributed by atoms with E-state index in [0.29, 0.717) is 18.8 Å². The second-order valence-electron chi connectivity index (χ2n) is 4.78. The molecule has 0 unspecified atom stereocenters. The minimum Gasteiger partial charge on any atom is -0.399 e. The summed E-state index contributed by atoms with van der Waals surface area (Å²) in [5.74, 6) is -0.838. The van der Waals surface area contributed by atoms with Gasteiger partial charge in [-0.1, -0.05) is 0 Å². The number of benzene rings is 1. The molecule has 0 aliphatic carbocycles. The molecule has 19 heavy (non-hydrogen) atoms. The van der Waals surface area contributed by atoms with Crippen LogP contribution in [0.3, 0.4) is 0 Å². The summed E-state index contributed by atoms with van der Waals surface area (Å²) in [5.41, 5.74) is 5.89. The lowest BCUT2D eigenvalue weighted by atomic mass is 10.1. The molecule has 0 atom stereocenters. The summed E-state index contributed by atoms with van der Waals surface area (Å²) in [6.07, 6.45) is 0.864. The van der Waals surface area contributed by atoms with Crippen LogP contribution in [0.2, 0.25) is 0 Å². The molecule has 1 aromatic carbocycles. The summed E-state index contributed by atoms with van der Waals surface area (Å²) in [4.78, 5) is 15.9. The average molecular weight is 267 g/mol. The van der Waals surface area contributed by atoms with Gasteiger partial charge in [0.25, 0.3) is 5.91 Å². The van der Waals surface area contributed by atoms with Gasteiger partial charge in [0.1, 0.15) is 5.82 Å². The number of carbonyl (C=O) groups excluding carboxylic acids is 1. The van der Waals surface area contributed by atoms with Crippen LogP contribution in [0.4, 0.5) is 10.1 Å². The maximum Gasteiger partial charge on any atom is 0.256 e. The first-order valence-corrected chi connectivity index (χ1v) is 6.44. The number of anilines is 1. The first-order chi connectivity index (χ1) is 8.95. The number of nitrogens with two attached hydrogens (primary N) is 1. The Morgan fingerprint density at radius 3 is 2.53 bits per heavy atom. The fourth-order valence-electron chi connectivity index (χ4n) is 1.86. The third kappa shape index (κ3) is 4.52. The zero-order valence-corrected chi connectivity index (χ0v) is 11.8. The molecule has 106 valence electrons. The molecule has 1 amide bonds. The van der Waals surface area contributed by atoms with Gasteiger partial charge in [-0.3, -0.25) is 4.79 Å². The maximum atomic E-state index is 13.7. The van der Waals surface area contributed by atoms with Crippen LogP contribution in [0.15, 0.2) is 18.2 Å². The first-order valence-electron chi connectivity index (χ1n) is 6.44. The molecular weight excluding hydrogens is 245 g/mol. The van der Waals surface area contributed by atoms with E-state index < -0.39 is 5.82 Å². The van der Waals surface area contributed by atoms with Crippen molar-refractivity contribution in [3.63, 3.8) is 0 Å². The highest BCUT2D eigenvalue weighted by Gasteiger charge is 2.17. The summed E-state index contributed by atoms with van der Waals surface area (Å²) in [6.45, 7) is 3.98. The van der Waals surface area contributed by atoms with Crippen LogP contribution in [0.25, 0.3) is 0 Å². The van der Waals surface area contributed by atoms with Crippen LogP contribution in [-0.4, -0.2) is 49.4 Å². The van der Waals surface area contributed by atoms with Gasteiger partial charge in [0.2, 0.25) is 0 Å². The molecule has 0 bridgehead atoms. The van der Waals surface area contributed by atoms with E-state index in [-0.39, 0.29) is 11.5 Å². The first kappa shape index (κ1) is 15.4. The average Bonchev–Trinajstić information content (AvgIpc) is 2.33. The lowest BCUT2D eigenvalue weighted by molar-refractivity contribution is 0.0754. The van der Waals surface area contributed by atoms with Crippen LogP contribution >= 0.6 is 0 Å². The van der Waals surface area contributed by atoms with Crippen molar-refractivity contribution in [3.8, 4) is 0 Å².